The maximum atomic E-state index is 12.9. The average Bonchev–Trinajstić information content (AvgIpc) is 3.56. The molecule has 172 valence electrons. The summed E-state index contributed by atoms with van der Waals surface area (Å²) in [7, 11) is 0. The van der Waals surface area contributed by atoms with Crippen LogP contribution in [0.2, 0.25) is 0 Å². The molecule has 0 atom stereocenters. The van der Waals surface area contributed by atoms with Crippen LogP contribution >= 0.6 is 11.3 Å². The van der Waals surface area contributed by atoms with Crippen molar-refractivity contribution in [2.24, 2.45) is 0 Å². The van der Waals surface area contributed by atoms with Crippen molar-refractivity contribution in [1.29, 1.82) is 0 Å². The monoisotopic (exact) mass is 471 g/mol. The molecule has 0 bridgehead atoms. The quantitative estimate of drug-likeness (QED) is 0.462. The minimum absolute atomic E-state index is 0.0688. The largest absolute Gasteiger partial charge is 0.335 e. The van der Waals surface area contributed by atoms with Gasteiger partial charge < -0.3 is 10.2 Å². The van der Waals surface area contributed by atoms with Crippen LogP contribution in [0.3, 0.4) is 0 Å². The van der Waals surface area contributed by atoms with Crippen molar-refractivity contribution in [3.8, 4) is 16.9 Å². The molecule has 0 spiro atoms. The highest BCUT2D eigenvalue weighted by atomic mass is 32.1. The number of para-hydroxylation sites is 1. The summed E-state index contributed by atoms with van der Waals surface area (Å²) in [6, 6.07) is 25.3. The summed E-state index contributed by atoms with van der Waals surface area (Å²) in [5, 5.41) is 9.71. The van der Waals surface area contributed by atoms with E-state index < -0.39 is 0 Å². The number of carbonyl (C=O) groups is 2. The van der Waals surface area contributed by atoms with Gasteiger partial charge in [0.15, 0.2) is 0 Å². The third-order valence-electron chi connectivity index (χ3n) is 5.81. The van der Waals surface area contributed by atoms with Crippen LogP contribution in [0.25, 0.3) is 16.9 Å². The van der Waals surface area contributed by atoms with Gasteiger partial charge in [0.05, 0.1) is 22.8 Å². The molecule has 1 saturated heterocycles. The topological polar surface area (TPSA) is 70.5 Å². The number of hydrogen-bond donors (Lipinski definition) is 1. The Morgan fingerprint density at radius 1 is 0.882 bits per heavy atom. The van der Waals surface area contributed by atoms with E-state index in [0.717, 1.165) is 21.8 Å². The van der Waals surface area contributed by atoms with Crippen molar-refractivity contribution in [3.05, 3.63) is 89.1 Å². The number of carbonyl (C=O) groups excluding carboxylic acids is 2. The van der Waals surface area contributed by atoms with E-state index in [1.54, 1.807) is 4.68 Å². The molecule has 0 aliphatic carbocycles. The van der Waals surface area contributed by atoms with Gasteiger partial charge in [-0.1, -0.05) is 54.6 Å². The Morgan fingerprint density at radius 2 is 1.59 bits per heavy atom. The second kappa shape index (κ2) is 10.0. The Bertz CT molecular complexity index is 1250. The first-order valence-electron chi connectivity index (χ1n) is 11.2. The second-order valence-corrected chi connectivity index (χ2v) is 9.07. The molecule has 34 heavy (non-hydrogen) atoms. The van der Waals surface area contributed by atoms with Crippen LogP contribution < -0.4 is 5.32 Å². The Morgan fingerprint density at radius 3 is 2.26 bits per heavy atom. The Labute approximate surface area is 202 Å². The molecule has 0 saturated carbocycles. The van der Waals surface area contributed by atoms with Crippen LogP contribution in [-0.2, 0) is 4.79 Å². The van der Waals surface area contributed by atoms with Crippen LogP contribution in [0.5, 0.6) is 0 Å². The van der Waals surface area contributed by atoms with E-state index in [1.807, 2.05) is 89.1 Å². The number of nitrogens with one attached hydrogen (secondary N) is 1. The number of hydrogen-bond acceptors (Lipinski definition) is 5. The molecule has 8 heteroatoms. The number of rotatable bonds is 6. The zero-order valence-corrected chi connectivity index (χ0v) is 19.4. The Kier molecular flexibility index (Phi) is 6.51. The summed E-state index contributed by atoms with van der Waals surface area (Å²) in [6.07, 6.45) is 0. The molecule has 0 radical (unpaired) electrons. The van der Waals surface area contributed by atoms with Crippen molar-refractivity contribution in [3.63, 3.8) is 0 Å². The predicted octanol–water partition coefficient (Wildman–Crippen LogP) is 4.00. The lowest BCUT2D eigenvalue weighted by Gasteiger charge is -2.34. The van der Waals surface area contributed by atoms with Crippen molar-refractivity contribution >= 4 is 29.0 Å². The number of thiophene rings is 1. The number of aromatic nitrogens is 2. The minimum Gasteiger partial charge on any atom is -0.335 e. The molecule has 1 N–H and O–H groups in total. The van der Waals surface area contributed by atoms with Crippen LogP contribution in [0.4, 0.5) is 5.82 Å². The van der Waals surface area contributed by atoms with E-state index >= 15 is 0 Å². The third-order valence-corrected chi connectivity index (χ3v) is 6.66. The van der Waals surface area contributed by atoms with Gasteiger partial charge in [-0.25, -0.2) is 4.68 Å². The molecule has 4 aromatic rings. The number of benzene rings is 2. The van der Waals surface area contributed by atoms with Crippen molar-refractivity contribution in [2.75, 3.05) is 38.0 Å². The lowest BCUT2D eigenvalue weighted by Crippen LogP contribution is -2.50. The summed E-state index contributed by atoms with van der Waals surface area (Å²) < 4.78 is 1.76. The standard InChI is InChI=1S/C26H25N5O2S/c32-25(19-29-13-15-30(16-14-29)26(33)23-12-7-17-34-23)27-24-18-22(20-8-3-1-4-9-20)28-31(24)21-10-5-2-6-11-21/h1-12,17-18H,13-16,19H2,(H,27,32). The van der Waals surface area contributed by atoms with Crippen LogP contribution in [0, 0.1) is 0 Å². The molecule has 1 aliphatic rings. The number of nitrogens with zero attached hydrogens (tertiary/aromatic N) is 4. The number of amides is 2. The molecule has 5 rings (SSSR count). The normalized spacial score (nSPS) is 14.2. The Hall–Kier alpha value is -3.75. The van der Waals surface area contributed by atoms with Gasteiger partial charge in [0.25, 0.3) is 5.91 Å². The van der Waals surface area contributed by atoms with Crippen molar-refractivity contribution in [1.82, 2.24) is 19.6 Å². The summed E-state index contributed by atoms with van der Waals surface area (Å²) >= 11 is 1.46. The highest BCUT2D eigenvalue weighted by Gasteiger charge is 2.24. The zero-order chi connectivity index (χ0) is 23.3. The van der Waals surface area contributed by atoms with Crippen molar-refractivity contribution in [2.45, 2.75) is 0 Å². The fourth-order valence-electron chi connectivity index (χ4n) is 4.04. The molecule has 1 aliphatic heterocycles. The molecular formula is C26H25N5O2S. The lowest BCUT2D eigenvalue weighted by atomic mass is 10.1. The zero-order valence-electron chi connectivity index (χ0n) is 18.6. The van der Waals surface area contributed by atoms with E-state index in [-0.39, 0.29) is 18.4 Å². The van der Waals surface area contributed by atoms with Gasteiger partial charge in [0.1, 0.15) is 5.82 Å². The van der Waals surface area contributed by atoms with E-state index in [4.69, 9.17) is 5.10 Å². The maximum absolute atomic E-state index is 12.9. The van der Waals surface area contributed by atoms with E-state index in [2.05, 4.69) is 10.2 Å². The van der Waals surface area contributed by atoms with Crippen LogP contribution in [0.15, 0.2) is 84.2 Å². The number of anilines is 1. The molecule has 2 aromatic heterocycles. The van der Waals surface area contributed by atoms with Gasteiger partial charge in [-0.3, -0.25) is 14.5 Å². The molecule has 0 unspecified atom stereocenters. The fourth-order valence-corrected chi connectivity index (χ4v) is 4.73. The summed E-state index contributed by atoms with van der Waals surface area (Å²) in [4.78, 5) is 30.2. The van der Waals surface area contributed by atoms with E-state index in [1.165, 1.54) is 11.3 Å². The lowest BCUT2D eigenvalue weighted by molar-refractivity contribution is -0.117. The second-order valence-electron chi connectivity index (χ2n) is 8.12. The molecule has 7 nitrogen and oxygen atoms in total. The Balaban J connectivity index is 1.25. The van der Waals surface area contributed by atoms with Crippen LogP contribution in [-0.4, -0.2) is 64.1 Å². The third kappa shape index (κ3) is 4.93. The first kappa shape index (κ1) is 22.1. The molecular weight excluding hydrogens is 446 g/mol. The minimum atomic E-state index is -0.102. The average molecular weight is 472 g/mol. The SMILES string of the molecule is O=C(CN1CCN(C(=O)c2cccs2)CC1)Nc1cc(-c2ccccc2)nn1-c1ccccc1. The number of piperazine rings is 1. The summed E-state index contributed by atoms with van der Waals surface area (Å²) in [6.45, 7) is 2.82. The highest BCUT2D eigenvalue weighted by Crippen LogP contribution is 2.24. The molecule has 2 amide bonds. The predicted molar refractivity (Wildman–Crippen MR) is 134 cm³/mol. The summed E-state index contributed by atoms with van der Waals surface area (Å²) in [5.74, 6) is 0.593. The highest BCUT2D eigenvalue weighted by molar-refractivity contribution is 7.12. The van der Waals surface area contributed by atoms with Crippen LogP contribution in [0.1, 0.15) is 9.67 Å². The van der Waals surface area contributed by atoms with Crippen molar-refractivity contribution < 1.29 is 9.59 Å². The summed E-state index contributed by atoms with van der Waals surface area (Å²) in [5.41, 5.74) is 2.65. The fraction of sp³-hybridized carbons (Fsp3) is 0.192. The van der Waals surface area contributed by atoms with Gasteiger partial charge in [0.2, 0.25) is 5.91 Å². The van der Waals surface area contributed by atoms with Gasteiger partial charge in [-0.05, 0) is 23.6 Å². The van der Waals surface area contributed by atoms with Gasteiger partial charge in [0, 0.05) is 37.8 Å². The first-order chi connectivity index (χ1) is 16.7. The van der Waals surface area contributed by atoms with Gasteiger partial charge in [-0.2, -0.15) is 5.10 Å². The van der Waals surface area contributed by atoms with Gasteiger partial charge >= 0.3 is 0 Å². The van der Waals surface area contributed by atoms with E-state index in [9.17, 15) is 9.59 Å². The van der Waals surface area contributed by atoms with Gasteiger partial charge in [-0.15, -0.1) is 11.3 Å². The maximum Gasteiger partial charge on any atom is 0.264 e. The molecule has 2 aromatic carbocycles. The van der Waals surface area contributed by atoms with E-state index in [0.29, 0.717) is 32.0 Å². The first-order valence-corrected chi connectivity index (χ1v) is 12.1. The molecule has 3 heterocycles. The smallest absolute Gasteiger partial charge is 0.264 e. The molecule has 1 fully saturated rings.